The summed E-state index contributed by atoms with van der Waals surface area (Å²) >= 11 is 0. The third-order valence-corrected chi connectivity index (χ3v) is 4.61. The normalized spacial score (nSPS) is 15.0. The van der Waals surface area contributed by atoms with Crippen LogP contribution in [0.2, 0.25) is 0 Å². The molecule has 0 saturated carbocycles. The van der Waals surface area contributed by atoms with Crippen LogP contribution >= 0.6 is 0 Å². The van der Waals surface area contributed by atoms with Crippen LogP contribution in [0, 0.1) is 0 Å². The number of hydrogen-bond donors (Lipinski definition) is 0. The van der Waals surface area contributed by atoms with E-state index in [2.05, 4.69) is 11.2 Å². The molecular weight excluding hydrogens is 328 g/mol. The third-order valence-electron chi connectivity index (χ3n) is 4.61. The lowest BCUT2D eigenvalue weighted by Crippen LogP contribution is -2.23. The number of nitrogens with zero attached hydrogens (tertiary/aromatic N) is 4. The van der Waals surface area contributed by atoms with E-state index in [1.807, 2.05) is 42.8 Å². The van der Waals surface area contributed by atoms with Gasteiger partial charge in [-0.2, -0.15) is 10.2 Å². The van der Waals surface area contributed by atoms with Crippen LogP contribution in [0.3, 0.4) is 0 Å². The Kier molecular flexibility index (Phi) is 4.42. The molecule has 0 aromatic carbocycles. The van der Waals surface area contributed by atoms with Crippen LogP contribution < -0.4 is 5.56 Å². The van der Waals surface area contributed by atoms with Gasteiger partial charge in [-0.25, -0.2) is 9.20 Å². The first-order chi connectivity index (χ1) is 12.6. The highest BCUT2D eigenvalue weighted by atomic mass is 16.5. The maximum Gasteiger partial charge on any atom is 0.267 e. The monoisotopic (exact) mass is 350 g/mol. The van der Waals surface area contributed by atoms with Gasteiger partial charge in [-0.3, -0.25) is 4.79 Å². The van der Waals surface area contributed by atoms with Gasteiger partial charge < -0.3 is 4.74 Å². The number of ether oxygens (including phenoxy) is 1. The molecule has 134 valence electrons. The van der Waals surface area contributed by atoms with Crippen LogP contribution in [0.4, 0.5) is 0 Å². The molecule has 1 aliphatic rings. The lowest BCUT2D eigenvalue weighted by Gasteiger charge is -2.14. The van der Waals surface area contributed by atoms with E-state index in [4.69, 9.17) is 9.84 Å². The SMILES string of the molecule is CC(C)n1nc(-c2c(C=C3CCOCC3)nn3ccccc23)ccc1=O. The van der Waals surface area contributed by atoms with Crippen LogP contribution in [0.1, 0.15) is 38.4 Å². The van der Waals surface area contributed by atoms with Gasteiger partial charge in [-0.1, -0.05) is 11.6 Å². The van der Waals surface area contributed by atoms with Crippen molar-refractivity contribution in [3.63, 3.8) is 0 Å². The standard InChI is InChI=1S/C20H22N4O2/c1-14(2)24-19(25)7-6-16(22-24)20-17(13-15-8-11-26-12-9-15)21-23-10-4-3-5-18(20)23/h3-7,10,13-14H,8-9,11-12H2,1-2H3. The number of aromatic nitrogens is 4. The van der Waals surface area contributed by atoms with Crippen molar-refractivity contribution in [1.82, 2.24) is 19.4 Å². The van der Waals surface area contributed by atoms with Crippen LogP contribution in [-0.2, 0) is 4.74 Å². The third kappa shape index (κ3) is 3.08. The second-order valence-electron chi connectivity index (χ2n) is 6.80. The molecule has 0 aliphatic carbocycles. The van der Waals surface area contributed by atoms with Gasteiger partial charge in [0.25, 0.3) is 5.56 Å². The smallest absolute Gasteiger partial charge is 0.267 e. The molecule has 4 rings (SSSR count). The molecule has 3 aromatic rings. The highest BCUT2D eigenvalue weighted by molar-refractivity contribution is 5.85. The zero-order chi connectivity index (χ0) is 18.1. The summed E-state index contributed by atoms with van der Waals surface area (Å²) < 4.78 is 8.84. The Balaban J connectivity index is 1.92. The average molecular weight is 350 g/mol. The highest BCUT2D eigenvalue weighted by Gasteiger charge is 2.17. The molecule has 0 unspecified atom stereocenters. The summed E-state index contributed by atoms with van der Waals surface area (Å²) in [6, 6.07) is 9.35. The van der Waals surface area contributed by atoms with Gasteiger partial charge >= 0.3 is 0 Å². The quantitative estimate of drug-likeness (QED) is 0.727. The van der Waals surface area contributed by atoms with Gasteiger partial charge in [0.15, 0.2) is 0 Å². The number of pyridine rings is 1. The second-order valence-corrected chi connectivity index (χ2v) is 6.80. The summed E-state index contributed by atoms with van der Waals surface area (Å²) in [4.78, 5) is 12.1. The molecule has 1 aliphatic heterocycles. The predicted molar refractivity (Wildman–Crippen MR) is 101 cm³/mol. The fourth-order valence-electron chi connectivity index (χ4n) is 3.28. The molecule has 0 bridgehead atoms. The second kappa shape index (κ2) is 6.88. The van der Waals surface area contributed by atoms with Crippen LogP contribution in [-0.4, -0.2) is 32.6 Å². The number of fused-ring (bicyclic) bond motifs is 1. The van der Waals surface area contributed by atoms with Crippen LogP contribution in [0.15, 0.2) is 46.9 Å². The molecule has 0 atom stereocenters. The van der Waals surface area contributed by atoms with Crippen molar-refractivity contribution in [3.8, 4) is 11.3 Å². The van der Waals surface area contributed by atoms with Crippen LogP contribution in [0.5, 0.6) is 0 Å². The van der Waals surface area contributed by atoms with E-state index >= 15 is 0 Å². The Morgan fingerprint density at radius 1 is 1.12 bits per heavy atom. The minimum Gasteiger partial charge on any atom is -0.381 e. The van der Waals surface area contributed by atoms with Crippen molar-refractivity contribution in [2.45, 2.75) is 32.7 Å². The van der Waals surface area contributed by atoms with E-state index in [1.54, 1.807) is 12.1 Å². The number of rotatable bonds is 3. The van der Waals surface area contributed by atoms with Crippen molar-refractivity contribution < 1.29 is 4.74 Å². The van der Waals surface area contributed by atoms with Gasteiger partial charge in [0.1, 0.15) is 0 Å². The van der Waals surface area contributed by atoms with E-state index in [1.165, 1.54) is 10.3 Å². The Morgan fingerprint density at radius 3 is 2.69 bits per heavy atom. The minimum atomic E-state index is -0.0930. The van der Waals surface area contributed by atoms with E-state index in [-0.39, 0.29) is 11.6 Å². The summed E-state index contributed by atoms with van der Waals surface area (Å²) in [6.45, 7) is 5.43. The first-order valence-corrected chi connectivity index (χ1v) is 8.98. The van der Waals surface area contributed by atoms with E-state index < -0.39 is 0 Å². The Labute approximate surface area is 151 Å². The predicted octanol–water partition coefficient (Wildman–Crippen LogP) is 3.33. The molecule has 6 nitrogen and oxygen atoms in total. The Bertz CT molecular complexity index is 1020. The van der Waals surface area contributed by atoms with Crippen molar-refractivity contribution in [2.75, 3.05) is 13.2 Å². The van der Waals surface area contributed by atoms with Gasteiger partial charge in [-0.05, 0) is 51.0 Å². The molecule has 6 heteroatoms. The molecule has 0 N–H and O–H groups in total. The maximum absolute atomic E-state index is 12.1. The number of hydrogen-bond acceptors (Lipinski definition) is 4. The van der Waals surface area contributed by atoms with Gasteiger partial charge in [0, 0.05) is 12.3 Å². The molecule has 0 amide bonds. The highest BCUT2D eigenvalue weighted by Crippen LogP contribution is 2.29. The molecule has 1 fully saturated rings. The van der Waals surface area contributed by atoms with Crippen LogP contribution in [0.25, 0.3) is 22.9 Å². The fraction of sp³-hybridized carbons (Fsp3) is 0.350. The summed E-state index contributed by atoms with van der Waals surface area (Å²) in [5.74, 6) is 0. The van der Waals surface area contributed by atoms with E-state index in [0.717, 1.165) is 48.5 Å². The van der Waals surface area contributed by atoms with E-state index in [0.29, 0.717) is 0 Å². The largest absolute Gasteiger partial charge is 0.381 e. The zero-order valence-electron chi connectivity index (χ0n) is 15.1. The summed E-state index contributed by atoms with van der Waals surface area (Å²) in [6.07, 6.45) is 5.93. The van der Waals surface area contributed by atoms with Crippen molar-refractivity contribution in [1.29, 1.82) is 0 Å². The van der Waals surface area contributed by atoms with Gasteiger partial charge in [-0.15, -0.1) is 0 Å². The molecule has 4 heterocycles. The molecule has 1 saturated heterocycles. The molecular formula is C20H22N4O2. The summed E-state index contributed by atoms with van der Waals surface area (Å²) in [5, 5.41) is 9.37. The molecule has 26 heavy (non-hydrogen) atoms. The van der Waals surface area contributed by atoms with Crippen molar-refractivity contribution in [2.24, 2.45) is 0 Å². The summed E-state index contributed by atoms with van der Waals surface area (Å²) in [7, 11) is 0. The molecule has 0 radical (unpaired) electrons. The van der Waals surface area contributed by atoms with Crippen molar-refractivity contribution >= 4 is 11.6 Å². The Morgan fingerprint density at radius 2 is 1.92 bits per heavy atom. The average Bonchev–Trinajstić information content (AvgIpc) is 3.00. The zero-order valence-corrected chi connectivity index (χ0v) is 15.1. The molecule has 3 aromatic heterocycles. The topological polar surface area (TPSA) is 61.4 Å². The van der Waals surface area contributed by atoms with E-state index in [9.17, 15) is 4.79 Å². The maximum atomic E-state index is 12.1. The lowest BCUT2D eigenvalue weighted by atomic mass is 10.0. The first-order valence-electron chi connectivity index (χ1n) is 8.98. The fourth-order valence-corrected chi connectivity index (χ4v) is 3.28. The van der Waals surface area contributed by atoms with Crippen molar-refractivity contribution in [3.05, 3.63) is 58.1 Å². The van der Waals surface area contributed by atoms with Gasteiger partial charge in [0.2, 0.25) is 0 Å². The first kappa shape index (κ1) is 16.7. The van der Waals surface area contributed by atoms with Gasteiger partial charge in [0.05, 0.1) is 41.7 Å². The summed E-state index contributed by atoms with van der Waals surface area (Å²) in [5.41, 5.74) is 4.82. The Hall–Kier alpha value is -2.73. The lowest BCUT2D eigenvalue weighted by molar-refractivity contribution is 0.119. The molecule has 0 spiro atoms. The minimum absolute atomic E-state index is 0.00147.